The smallest absolute Gasteiger partial charge is 0.254 e. The third-order valence-electron chi connectivity index (χ3n) is 5.88. The van der Waals surface area contributed by atoms with Crippen molar-refractivity contribution in [3.63, 3.8) is 0 Å². The van der Waals surface area contributed by atoms with Gasteiger partial charge in [-0.05, 0) is 67.4 Å². The molecule has 3 aromatic rings. The average molecular weight is 529 g/mol. The second-order valence-corrected chi connectivity index (χ2v) is 8.93. The maximum Gasteiger partial charge on any atom is 0.254 e. The number of carbonyl (C=O) groups excluding carboxylic acids is 2. The monoisotopic (exact) mass is 528 g/mol. The molecule has 2 amide bonds. The molecular weight excluding hydrogens is 496 g/mol. The maximum absolute atomic E-state index is 13.5. The van der Waals surface area contributed by atoms with Crippen LogP contribution >= 0.6 is 11.6 Å². The van der Waals surface area contributed by atoms with Crippen molar-refractivity contribution in [1.29, 1.82) is 0 Å². The summed E-state index contributed by atoms with van der Waals surface area (Å²) in [5.41, 5.74) is 1.44. The van der Waals surface area contributed by atoms with Crippen LogP contribution in [0.15, 0.2) is 59.0 Å². The molecule has 0 aliphatic carbocycles. The lowest BCUT2D eigenvalue weighted by atomic mass is 10.1. The largest absolute Gasteiger partial charge is 0.493 e. The van der Waals surface area contributed by atoms with Crippen molar-refractivity contribution in [2.45, 2.75) is 19.9 Å². The summed E-state index contributed by atoms with van der Waals surface area (Å²) in [7, 11) is 4.73. The Hall–Kier alpha value is -3.49. The fraction of sp³-hybridized carbons (Fsp3) is 0.357. The third-order valence-corrected chi connectivity index (χ3v) is 6.14. The number of nitrogens with zero attached hydrogens (tertiary/aromatic N) is 2. The first kappa shape index (κ1) is 28.1. The highest BCUT2D eigenvalue weighted by molar-refractivity contribution is 6.30. The summed E-state index contributed by atoms with van der Waals surface area (Å²) in [5, 5.41) is 0.533. The molecule has 2 aromatic carbocycles. The SMILES string of the molecule is COCCN(CC(=O)N(CCc1ccc(OC)c(OC)c1)Cc1ccc(C)o1)C(=O)c1ccc(Cl)cc1. The number of amides is 2. The number of carbonyl (C=O) groups is 2. The number of furan rings is 1. The van der Waals surface area contributed by atoms with Gasteiger partial charge >= 0.3 is 0 Å². The molecule has 0 radical (unpaired) electrons. The Morgan fingerprint density at radius 3 is 2.24 bits per heavy atom. The molecule has 198 valence electrons. The Labute approximate surface area is 222 Å². The van der Waals surface area contributed by atoms with Crippen LogP contribution in [0, 0.1) is 6.92 Å². The van der Waals surface area contributed by atoms with Gasteiger partial charge in [0.05, 0.1) is 27.4 Å². The zero-order valence-electron chi connectivity index (χ0n) is 21.7. The van der Waals surface area contributed by atoms with Gasteiger partial charge in [-0.1, -0.05) is 17.7 Å². The van der Waals surface area contributed by atoms with Gasteiger partial charge in [0.2, 0.25) is 5.91 Å². The van der Waals surface area contributed by atoms with Crippen molar-refractivity contribution in [2.24, 2.45) is 0 Å². The summed E-state index contributed by atoms with van der Waals surface area (Å²) in [5.74, 6) is 2.23. The molecule has 0 saturated carbocycles. The Kier molecular flexibility index (Phi) is 10.4. The van der Waals surface area contributed by atoms with Gasteiger partial charge in [0.15, 0.2) is 11.5 Å². The molecule has 3 rings (SSSR count). The predicted octanol–water partition coefficient (Wildman–Crippen LogP) is 4.62. The van der Waals surface area contributed by atoms with Crippen LogP contribution < -0.4 is 9.47 Å². The van der Waals surface area contributed by atoms with Crippen LogP contribution in [0.5, 0.6) is 11.5 Å². The van der Waals surface area contributed by atoms with Crippen LogP contribution in [0.4, 0.5) is 0 Å². The number of hydrogen-bond donors (Lipinski definition) is 0. The van der Waals surface area contributed by atoms with Crippen LogP contribution in [0.1, 0.15) is 27.4 Å². The van der Waals surface area contributed by atoms with Crippen LogP contribution in [0.3, 0.4) is 0 Å². The third kappa shape index (κ3) is 8.00. The summed E-state index contributed by atoms with van der Waals surface area (Å²) in [6, 6.07) is 16.0. The van der Waals surface area contributed by atoms with Gasteiger partial charge in [-0.15, -0.1) is 0 Å². The minimum Gasteiger partial charge on any atom is -0.493 e. The predicted molar refractivity (Wildman–Crippen MR) is 141 cm³/mol. The first-order valence-corrected chi connectivity index (χ1v) is 12.3. The van der Waals surface area contributed by atoms with Gasteiger partial charge in [0, 0.05) is 30.8 Å². The number of halogens is 1. The molecule has 8 nitrogen and oxygen atoms in total. The second-order valence-electron chi connectivity index (χ2n) is 8.49. The van der Waals surface area contributed by atoms with Gasteiger partial charge in [-0.2, -0.15) is 0 Å². The van der Waals surface area contributed by atoms with Crippen molar-refractivity contribution >= 4 is 23.4 Å². The molecule has 0 aliphatic heterocycles. The van der Waals surface area contributed by atoms with E-state index >= 15 is 0 Å². The zero-order valence-corrected chi connectivity index (χ0v) is 22.4. The molecule has 0 saturated heterocycles. The maximum atomic E-state index is 13.5. The summed E-state index contributed by atoms with van der Waals surface area (Å²) in [6.45, 7) is 3.03. The van der Waals surface area contributed by atoms with E-state index in [0.717, 1.165) is 11.3 Å². The minimum absolute atomic E-state index is 0.101. The highest BCUT2D eigenvalue weighted by Gasteiger charge is 2.23. The summed E-state index contributed by atoms with van der Waals surface area (Å²) in [4.78, 5) is 29.9. The Morgan fingerprint density at radius 2 is 1.62 bits per heavy atom. The van der Waals surface area contributed by atoms with E-state index < -0.39 is 0 Å². The number of rotatable bonds is 13. The number of methoxy groups -OCH3 is 3. The number of ether oxygens (including phenoxy) is 3. The highest BCUT2D eigenvalue weighted by atomic mass is 35.5. The van der Waals surface area contributed by atoms with Gasteiger partial charge in [0.25, 0.3) is 5.91 Å². The first-order valence-electron chi connectivity index (χ1n) is 11.9. The van der Waals surface area contributed by atoms with Crippen LogP contribution in [-0.2, 0) is 22.5 Å². The zero-order chi connectivity index (χ0) is 26.8. The molecule has 0 spiro atoms. The van der Waals surface area contributed by atoms with Gasteiger partial charge < -0.3 is 28.4 Å². The molecule has 0 unspecified atom stereocenters. The number of hydrogen-bond acceptors (Lipinski definition) is 6. The molecule has 9 heteroatoms. The number of aryl methyl sites for hydroxylation is 1. The van der Waals surface area contributed by atoms with Crippen LogP contribution in [0.2, 0.25) is 5.02 Å². The normalized spacial score (nSPS) is 10.7. The second kappa shape index (κ2) is 13.7. The van der Waals surface area contributed by atoms with E-state index in [2.05, 4.69) is 0 Å². The molecule has 0 fully saturated rings. The Balaban J connectivity index is 1.78. The summed E-state index contributed by atoms with van der Waals surface area (Å²) >= 11 is 5.98. The molecule has 1 heterocycles. The molecule has 0 N–H and O–H groups in total. The molecule has 0 bridgehead atoms. The van der Waals surface area contributed by atoms with Crippen molar-refractivity contribution in [3.8, 4) is 11.5 Å². The van der Waals surface area contributed by atoms with E-state index in [1.54, 1.807) is 50.5 Å². The van der Waals surface area contributed by atoms with Crippen LogP contribution in [-0.4, -0.2) is 69.2 Å². The quantitative estimate of drug-likeness (QED) is 0.322. The van der Waals surface area contributed by atoms with Gasteiger partial charge in [-0.25, -0.2) is 0 Å². The summed E-state index contributed by atoms with van der Waals surface area (Å²) in [6.07, 6.45) is 0.578. The van der Waals surface area contributed by atoms with Crippen molar-refractivity contribution in [2.75, 3.05) is 47.6 Å². The highest BCUT2D eigenvalue weighted by Crippen LogP contribution is 2.28. The van der Waals surface area contributed by atoms with E-state index in [1.165, 1.54) is 4.90 Å². The van der Waals surface area contributed by atoms with Crippen molar-refractivity contribution in [1.82, 2.24) is 9.80 Å². The lowest BCUT2D eigenvalue weighted by Gasteiger charge is -2.27. The van der Waals surface area contributed by atoms with Crippen molar-refractivity contribution in [3.05, 3.63) is 82.3 Å². The molecule has 0 atom stereocenters. The molecular formula is C28H33ClN2O6. The van der Waals surface area contributed by atoms with Gasteiger partial charge in [-0.3, -0.25) is 9.59 Å². The average Bonchev–Trinajstić information content (AvgIpc) is 3.32. The lowest BCUT2D eigenvalue weighted by Crippen LogP contribution is -2.44. The van der Waals surface area contributed by atoms with E-state index in [-0.39, 0.29) is 31.4 Å². The lowest BCUT2D eigenvalue weighted by molar-refractivity contribution is -0.132. The topological polar surface area (TPSA) is 81.5 Å². The van der Waals surface area contributed by atoms with Crippen molar-refractivity contribution < 1.29 is 28.2 Å². The first-order chi connectivity index (χ1) is 17.8. The standard InChI is InChI=1S/C28H33ClN2O6/c1-20-5-11-24(37-20)18-30(14-13-21-6-12-25(35-3)26(17-21)36-4)27(32)19-31(15-16-34-2)28(33)22-7-9-23(29)10-8-22/h5-12,17H,13-16,18-19H2,1-4H3. The van der Waals surface area contributed by atoms with E-state index in [0.29, 0.717) is 47.4 Å². The van der Waals surface area contributed by atoms with Crippen LogP contribution in [0.25, 0.3) is 0 Å². The van der Waals surface area contributed by atoms with E-state index in [9.17, 15) is 9.59 Å². The molecule has 0 aliphatic rings. The Morgan fingerprint density at radius 1 is 0.892 bits per heavy atom. The van der Waals surface area contributed by atoms with E-state index in [4.69, 9.17) is 30.2 Å². The van der Waals surface area contributed by atoms with Gasteiger partial charge in [0.1, 0.15) is 18.1 Å². The van der Waals surface area contributed by atoms with E-state index in [1.807, 2.05) is 37.3 Å². The molecule has 37 heavy (non-hydrogen) atoms. The molecule has 1 aromatic heterocycles. The fourth-order valence-electron chi connectivity index (χ4n) is 3.84. The fourth-order valence-corrected chi connectivity index (χ4v) is 3.97. The number of benzene rings is 2. The Bertz CT molecular complexity index is 1180. The summed E-state index contributed by atoms with van der Waals surface area (Å²) < 4.78 is 21.7. The minimum atomic E-state index is -0.268.